The maximum atomic E-state index is 12.2. The molecule has 2 amide bonds. The largest absolute Gasteiger partial charge is 0.467 e. The number of benzene rings is 1. The standard InChI is InChI=1S/C16H17ClN4O4/c17-12-3-4-14(15(10-12)21(23)24)19-5-7-20(8-6-19)16(22)18-11-13-2-1-9-25-13/h1-4,9-10H,5-8,11H2,(H,18,22). The van der Waals surface area contributed by atoms with E-state index in [9.17, 15) is 14.9 Å². The first-order chi connectivity index (χ1) is 12.0. The molecule has 1 aromatic heterocycles. The molecule has 0 atom stereocenters. The van der Waals surface area contributed by atoms with E-state index < -0.39 is 4.92 Å². The van der Waals surface area contributed by atoms with Crippen LogP contribution in [0.2, 0.25) is 5.02 Å². The van der Waals surface area contributed by atoms with Crippen molar-refractivity contribution in [2.45, 2.75) is 6.54 Å². The zero-order valence-electron chi connectivity index (χ0n) is 13.4. The Hall–Kier alpha value is -2.74. The molecule has 2 aromatic rings. The minimum absolute atomic E-state index is 0.0248. The molecule has 1 fully saturated rings. The number of hydrogen-bond donors (Lipinski definition) is 1. The van der Waals surface area contributed by atoms with E-state index in [0.29, 0.717) is 49.2 Å². The van der Waals surface area contributed by atoms with Crippen molar-refractivity contribution < 1.29 is 14.1 Å². The van der Waals surface area contributed by atoms with Gasteiger partial charge in [0.25, 0.3) is 5.69 Å². The fourth-order valence-corrected chi connectivity index (χ4v) is 2.91. The summed E-state index contributed by atoms with van der Waals surface area (Å²) in [5.74, 6) is 0.684. The van der Waals surface area contributed by atoms with E-state index in [2.05, 4.69) is 5.32 Å². The zero-order chi connectivity index (χ0) is 17.8. The molecule has 1 aliphatic rings. The van der Waals surface area contributed by atoms with Gasteiger partial charge in [0.05, 0.1) is 17.7 Å². The number of piperazine rings is 1. The van der Waals surface area contributed by atoms with Crippen LogP contribution in [0, 0.1) is 10.1 Å². The van der Waals surface area contributed by atoms with Crippen molar-refractivity contribution in [2.24, 2.45) is 0 Å². The Morgan fingerprint density at radius 1 is 1.28 bits per heavy atom. The molecule has 2 heterocycles. The number of halogens is 1. The van der Waals surface area contributed by atoms with Gasteiger partial charge in [0.1, 0.15) is 11.4 Å². The fourth-order valence-electron chi connectivity index (χ4n) is 2.75. The maximum Gasteiger partial charge on any atom is 0.317 e. The van der Waals surface area contributed by atoms with Crippen molar-refractivity contribution in [1.29, 1.82) is 0 Å². The monoisotopic (exact) mass is 364 g/mol. The summed E-state index contributed by atoms with van der Waals surface area (Å²) in [7, 11) is 0. The van der Waals surface area contributed by atoms with Crippen LogP contribution in [0.15, 0.2) is 41.0 Å². The van der Waals surface area contributed by atoms with E-state index in [1.807, 2.05) is 4.90 Å². The van der Waals surface area contributed by atoms with Crippen LogP contribution >= 0.6 is 11.6 Å². The minimum Gasteiger partial charge on any atom is -0.467 e. The van der Waals surface area contributed by atoms with E-state index >= 15 is 0 Å². The van der Waals surface area contributed by atoms with Crippen LogP contribution in [0.1, 0.15) is 5.76 Å². The summed E-state index contributed by atoms with van der Waals surface area (Å²) in [5, 5.41) is 14.3. The highest BCUT2D eigenvalue weighted by Gasteiger charge is 2.26. The summed E-state index contributed by atoms with van der Waals surface area (Å²) in [6.45, 7) is 2.30. The van der Waals surface area contributed by atoms with Crippen molar-refractivity contribution in [3.05, 3.63) is 57.5 Å². The van der Waals surface area contributed by atoms with Gasteiger partial charge in [-0.3, -0.25) is 10.1 Å². The second-order valence-corrected chi connectivity index (χ2v) is 6.04. The first kappa shape index (κ1) is 17.1. The highest BCUT2D eigenvalue weighted by atomic mass is 35.5. The Labute approximate surface area is 149 Å². The van der Waals surface area contributed by atoms with Crippen molar-refractivity contribution in [1.82, 2.24) is 10.2 Å². The third-order valence-corrected chi connectivity index (χ3v) is 4.27. The summed E-state index contributed by atoms with van der Waals surface area (Å²) >= 11 is 5.85. The smallest absolute Gasteiger partial charge is 0.317 e. The van der Waals surface area contributed by atoms with Gasteiger partial charge in [-0.1, -0.05) is 11.6 Å². The molecule has 0 saturated carbocycles. The predicted octanol–water partition coefficient (Wildman–Crippen LogP) is 2.87. The number of carbonyl (C=O) groups is 1. The quantitative estimate of drug-likeness (QED) is 0.665. The van der Waals surface area contributed by atoms with Gasteiger partial charge in [0.15, 0.2) is 0 Å². The highest BCUT2D eigenvalue weighted by molar-refractivity contribution is 6.30. The van der Waals surface area contributed by atoms with Gasteiger partial charge in [0.2, 0.25) is 0 Å². The Bertz CT molecular complexity index is 758. The number of nitrogens with zero attached hydrogens (tertiary/aromatic N) is 3. The summed E-state index contributed by atoms with van der Waals surface area (Å²) in [6, 6.07) is 8.00. The molecular weight excluding hydrogens is 348 g/mol. The third kappa shape index (κ3) is 4.03. The molecule has 0 unspecified atom stereocenters. The number of nitro groups is 1. The van der Waals surface area contributed by atoms with Crippen molar-refractivity contribution in [3.8, 4) is 0 Å². The molecule has 0 bridgehead atoms. The Balaban J connectivity index is 1.58. The van der Waals surface area contributed by atoms with Crippen molar-refractivity contribution in [2.75, 3.05) is 31.1 Å². The van der Waals surface area contributed by atoms with Gasteiger partial charge in [0, 0.05) is 37.3 Å². The summed E-state index contributed by atoms with van der Waals surface area (Å²) in [6.07, 6.45) is 1.55. The molecule has 1 N–H and O–H groups in total. The fraction of sp³-hybridized carbons (Fsp3) is 0.312. The molecule has 1 aromatic carbocycles. The number of furan rings is 1. The van der Waals surface area contributed by atoms with Gasteiger partial charge in [-0.15, -0.1) is 0 Å². The predicted molar refractivity (Wildman–Crippen MR) is 92.8 cm³/mol. The molecule has 25 heavy (non-hydrogen) atoms. The average molecular weight is 365 g/mol. The first-order valence-corrected chi connectivity index (χ1v) is 8.16. The molecule has 0 radical (unpaired) electrons. The second kappa shape index (κ2) is 7.43. The molecule has 3 rings (SSSR count). The van der Waals surface area contributed by atoms with Crippen molar-refractivity contribution >= 4 is 29.0 Å². The summed E-state index contributed by atoms with van der Waals surface area (Å²) in [4.78, 5) is 26.5. The van der Waals surface area contributed by atoms with Gasteiger partial charge in [-0.25, -0.2) is 4.79 Å². The second-order valence-electron chi connectivity index (χ2n) is 5.60. The number of carbonyl (C=O) groups excluding carboxylic acids is 1. The Morgan fingerprint density at radius 3 is 2.68 bits per heavy atom. The molecule has 1 aliphatic heterocycles. The first-order valence-electron chi connectivity index (χ1n) is 7.78. The molecule has 132 valence electrons. The van der Waals surface area contributed by atoms with Gasteiger partial charge >= 0.3 is 6.03 Å². The van der Waals surface area contributed by atoms with E-state index in [1.54, 1.807) is 35.4 Å². The Kier molecular flexibility index (Phi) is 5.08. The number of urea groups is 1. The SMILES string of the molecule is O=C(NCc1ccco1)N1CCN(c2ccc(Cl)cc2[N+](=O)[O-])CC1. The van der Waals surface area contributed by atoms with Crippen LogP contribution in [0.5, 0.6) is 0 Å². The third-order valence-electron chi connectivity index (χ3n) is 4.04. The van der Waals surface area contributed by atoms with E-state index in [1.165, 1.54) is 6.07 Å². The summed E-state index contributed by atoms with van der Waals surface area (Å²) in [5.41, 5.74) is 0.494. The normalized spacial score (nSPS) is 14.4. The van der Waals surface area contributed by atoms with E-state index in [-0.39, 0.29) is 11.7 Å². The van der Waals surface area contributed by atoms with Crippen LogP contribution in [-0.2, 0) is 6.54 Å². The molecule has 1 saturated heterocycles. The van der Waals surface area contributed by atoms with Crippen LogP contribution in [0.4, 0.5) is 16.2 Å². The van der Waals surface area contributed by atoms with Gasteiger partial charge in [-0.2, -0.15) is 0 Å². The number of anilines is 1. The van der Waals surface area contributed by atoms with E-state index in [0.717, 1.165) is 0 Å². The number of nitro benzene ring substituents is 1. The van der Waals surface area contributed by atoms with Crippen LogP contribution in [0.25, 0.3) is 0 Å². The van der Waals surface area contributed by atoms with Crippen LogP contribution < -0.4 is 10.2 Å². The number of rotatable bonds is 4. The molecule has 9 heteroatoms. The summed E-state index contributed by atoms with van der Waals surface area (Å²) < 4.78 is 5.18. The minimum atomic E-state index is -0.441. The topological polar surface area (TPSA) is 91.9 Å². The molecule has 8 nitrogen and oxygen atoms in total. The lowest BCUT2D eigenvalue weighted by Gasteiger charge is -2.35. The van der Waals surface area contributed by atoms with Crippen molar-refractivity contribution in [3.63, 3.8) is 0 Å². The lowest BCUT2D eigenvalue weighted by Crippen LogP contribution is -2.51. The molecule has 0 aliphatic carbocycles. The van der Waals surface area contributed by atoms with Crippen LogP contribution in [-0.4, -0.2) is 42.0 Å². The lowest BCUT2D eigenvalue weighted by molar-refractivity contribution is -0.384. The average Bonchev–Trinajstić information content (AvgIpc) is 3.13. The maximum absolute atomic E-state index is 12.2. The van der Waals surface area contributed by atoms with Crippen LogP contribution in [0.3, 0.4) is 0 Å². The number of hydrogen-bond acceptors (Lipinski definition) is 5. The zero-order valence-corrected chi connectivity index (χ0v) is 14.1. The number of nitrogens with one attached hydrogen (secondary N) is 1. The highest BCUT2D eigenvalue weighted by Crippen LogP contribution is 2.31. The molecular formula is C16H17ClN4O4. The van der Waals surface area contributed by atoms with E-state index in [4.69, 9.17) is 16.0 Å². The lowest BCUT2D eigenvalue weighted by atomic mass is 10.2. The van der Waals surface area contributed by atoms with Gasteiger partial charge < -0.3 is 19.5 Å². The molecule has 0 spiro atoms. The van der Waals surface area contributed by atoms with Gasteiger partial charge in [-0.05, 0) is 24.3 Å². The number of amides is 2. The Morgan fingerprint density at radius 2 is 2.04 bits per heavy atom.